The second-order valence-electron chi connectivity index (χ2n) is 10.9. The standard InChI is InChI=1S/C32H56O3/c1-3-4-5-6-7-8-9-10-11-12-13-14-15-16-17-18-19-20-21-22-27-35-31-25-23-30(24-26-31)28-32(2,34)29-33/h23-26,29,34H,3-22,27-28H2,1-2H3. The molecule has 3 heteroatoms. The van der Waals surface area contributed by atoms with Gasteiger partial charge < -0.3 is 14.6 Å². The van der Waals surface area contributed by atoms with Crippen LogP contribution in [0.2, 0.25) is 0 Å². The maximum Gasteiger partial charge on any atom is 0.151 e. The Balaban J connectivity index is 1.80. The van der Waals surface area contributed by atoms with Gasteiger partial charge in [-0.25, -0.2) is 0 Å². The minimum atomic E-state index is -1.30. The van der Waals surface area contributed by atoms with E-state index in [4.69, 9.17) is 4.74 Å². The molecule has 0 saturated heterocycles. The van der Waals surface area contributed by atoms with Crippen LogP contribution in [0.25, 0.3) is 0 Å². The van der Waals surface area contributed by atoms with Gasteiger partial charge in [-0.05, 0) is 31.0 Å². The Labute approximate surface area is 217 Å². The number of benzene rings is 1. The minimum absolute atomic E-state index is 0.330. The number of carbonyl (C=O) groups is 1. The summed E-state index contributed by atoms with van der Waals surface area (Å²) in [4.78, 5) is 10.8. The molecule has 0 fully saturated rings. The van der Waals surface area contributed by atoms with Gasteiger partial charge in [-0.2, -0.15) is 0 Å². The highest BCUT2D eigenvalue weighted by molar-refractivity contribution is 5.62. The van der Waals surface area contributed by atoms with Crippen molar-refractivity contribution in [3.8, 4) is 5.75 Å². The van der Waals surface area contributed by atoms with Crippen molar-refractivity contribution < 1.29 is 14.6 Å². The van der Waals surface area contributed by atoms with Gasteiger partial charge in [0, 0.05) is 6.42 Å². The summed E-state index contributed by atoms with van der Waals surface area (Å²) < 4.78 is 5.82. The molecule has 0 bridgehead atoms. The summed E-state index contributed by atoms with van der Waals surface area (Å²) in [5, 5.41) is 9.84. The zero-order chi connectivity index (χ0) is 25.5. The lowest BCUT2D eigenvalue weighted by molar-refractivity contribution is -0.122. The molecule has 0 saturated carbocycles. The molecule has 0 radical (unpaired) electrons. The molecule has 1 N–H and O–H groups in total. The van der Waals surface area contributed by atoms with Crippen LogP contribution in [0, 0.1) is 0 Å². The first kappa shape index (κ1) is 31.7. The molecule has 1 unspecified atom stereocenters. The molecule has 0 aromatic heterocycles. The molecule has 0 amide bonds. The zero-order valence-corrected chi connectivity index (χ0v) is 23.2. The average molecular weight is 489 g/mol. The molecule has 202 valence electrons. The van der Waals surface area contributed by atoms with Crippen LogP contribution >= 0.6 is 0 Å². The Kier molecular flexibility index (Phi) is 19.8. The summed E-state index contributed by atoms with van der Waals surface area (Å²) in [6, 6.07) is 7.69. The maximum absolute atomic E-state index is 10.8. The largest absolute Gasteiger partial charge is 0.494 e. The third-order valence-electron chi connectivity index (χ3n) is 7.01. The van der Waals surface area contributed by atoms with Crippen LogP contribution in [-0.4, -0.2) is 23.6 Å². The molecule has 3 nitrogen and oxygen atoms in total. The second kappa shape index (κ2) is 21.9. The lowest BCUT2D eigenvalue weighted by atomic mass is 9.98. The molecule has 1 aromatic rings. The van der Waals surface area contributed by atoms with E-state index in [-0.39, 0.29) is 0 Å². The van der Waals surface area contributed by atoms with Gasteiger partial charge in [0.05, 0.1) is 6.61 Å². The summed E-state index contributed by atoms with van der Waals surface area (Å²) in [5.41, 5.74) is -0.359. The van der Waals surface area contributed by atoms with Gasteiger partial charge in [0.2, 0.25) is 0 Å². The molecule has 35 heavy (non-hydrogen) atoms. The summed E-state index contributed by atoms with van der Waals surface area (Å²) in [6.45, 7) is 4.58. The van der Waals surface area contributed by atoms with Crippen LogP contribution in [0.1, 0.15) is 148 Å². The average Bonchev–Trinajstić information content (AvgIpc) is 2.86. The normalized spacial score (nSPS) is 13.0. The van der Waals surface area contributed by atoms with Crippen molar-refractivity contribution in [2.45, 2.75) is 154 Å². The van der Waals surface area contributed by atoms with Crippen molar-refractivity contribution in [3.63, 3.8) is 0 Å². The molecule has 1 aromatic carbocycles. The van der Waals surface area contributed by atoms with E-state index in [9.17, 15) is 9.90 Å². The van der Waals surface area contributed by atoms with E-state index in [0.29, 0.717) is 12.7 Å². The summed E-state index contributed by atoms with van der Waals surface area (Å²) in [6.07, 6.45) is 28.8. The number of hydrogen-bond donors (Lipinski definition) is 1. The van der Waals surface area contributed by atoms with Crippen LogP contribution in [0.5, 0.6) is 5.75 Å². The lowest BCUT2D eigenvalue weighted by Gasteiger charge is -2.15. The van der Waals surface area contributed by atoms with Gasteiger partial charge in [-0.1, -0.05) is 141 Å². The first-order chi connectivity index (χ1) is 17.1. The van der Waals surface area contributed by atoms with Crippen LogP contribution in [0.4, 0.5) is 0 Å². The van der Waals surface area contributed by atoms with Crippen molar-refractivity contribution >= 4 is 6.29 Å². The van der Waals surface area contributed by atoms with Crippen molar-refractivity contribution in [1.29, 1.82) is 0 Å². The summed E-state index contributed by atoms with van der Waals surface area (Å²) in [7, 11) is 0. The Morgan fingerprint density at radius 3 is 1.40 bits per heavy atom. The van der Waals surface area contributed by atoms with Gasteiger partial charge >= 0.3 is 0 Å². The van der Waals surface area contributed by atoms with E-state index in [0.717, 1.165) is 24.3 Å². The van der Waals surface area contributed by atoms with Crippen LogP contribution in [-0.2, 0) is 11.2 Å². The van der Waals surface area contributed by atoms with Gasteiger partial charge in [0.25, 0.3) is 0 Å². The molecule has 0 aliphatic carbocycles. The molecule has 0 aliphatic rings. The van der Waals surface area contributed by atoms with Gasteiger partial charge in [-0.3, -0.25) is 0 Å². The van der Waals surface area contributed by atoms with Gasteiger partial charge in [0.1, 0.15) is 11.4 Å². The number of rotatable bonds is 25. The van der Waals surface area contributed by atoms with Crippen molar-refractivity contribution in [1.82, 2.24) is 0 Å². The van der Waals surface area contributed by atoms with Crippen molar-refractivity contribution in [3.05, 3.63) is 29.8 Å². The highest BCUT2D eigenvalue weighted by atomic mass is 16.5. The zero-order valence-electron chi connectivity index (χ0n) is 23.2. The third-order valence-corrected chi connectivity index (χ3v) is 7.01. The Morgan fingerprint density at radius 2 is 1.03 bits per heavy atom. The molecular formula is C32H56O3. The highest BCUT2D eigenvalue weighted by Crippen LogP contribution is 2.18. The predicted octanol–water partition coefficient (Wildman–Crippen LogP) is 9.38. The molecular weight excluding hydrogens is 432 g/mol. The number of aliphatic hydroxyl groups is 1. The quantitative estimate of drug-likeness (QED) is 0.110. The minimum Gasteiger partial charge on any atom is -0.494 e. The predicted molar refractivity (Wildman–Crippen MR) is 150 cm³/mol. The van der Waals surface area contributed by atoms with Gasteiger partial charge in [0.15, 0.2) is 6.29 Å². The summed E-state index contributed by atoms with van der Waals surface area (Å²) >= 11 is 0. The lowest BCUT2D eigenvalue weighted by Crippen LogP contribution is -2.28. The van der Waals surface area contributed by atoms with E-state index in [2.05, 4.69) is 6.92 Å². The fourth-order valence-electron chi connectivity index (χ4n) is 4.71. The van der Waals surface area contributed by atoms with Gasteiger partial charge in [-0.15, -0.1) is 0 Å². The maximum atomic E-state index is 10.8. The number of unbranched alkanes of at least 4 members (excludes halogenated alkanes) is 19. The molecule has 1 atom stereocenters. The first-order valence-corrected chi connectivity index (χ1v) is 15.0. The van der Waals surface area contributed by atoms with E-state index >= 15 is 0 Å². The first-order valence-electron chi connectivity index (χ1n) is 15.0. The number of aldehydes is 1. The van der Waals surface area contributed by atoms with E-state index in [1.807, 2.05) is 24.3 Å². The number of ether oxygens (including phenoxy) is 1. The van der Waals surface area contributed by atoms with Crippen LogP contribution in [0.3, 0.4) is 0 Å². The Bertz CT molecular complexity index is 593. The third kappa shape index (κ3) is 19.5. The second-order valence-corrected chi connectivity index (χ2v) is 10.9. The monoisotopic (exact) mass is 488 g/mol. The van der Waals surface area contributed by atoms with Crippen molar-refractivity contribution in [2.24, 2.45) is 0 Å². The molecule has 1 rings (SSSR count). The van der Waals surface area contributed by atoms with Crippen molar-refractivity contribution in [2.75, 3.05) is 6.61 Å². The molecule has 0 aliphatic heterocycles. The van der Waals surface area contributed by atoms with E-state index in [1.54, 1.807) is 0 Å². The molecule has 0 spiro atoms. The Morgan fingerprint density at radius 1 is 0.657 bits per heavy atom. The fraction of sp³-hybridized carbons (Fsp3) is 0.781. The number of carbonyl (C=O) groups excluding carboxylic acids is 1. The molecule has 0 heterocycles. The van der Waals surface area contributed by atoms with Crippen LogP contribution < -0.4 is 4.74 Å². The van der Waals surface area contributed by atoms with Crippen LogP contribution in [0.15, 0.2) is 24.3 Å². The van der Waals surface area contributed by atoms with E-state index < -0.39 is 5.60 Å². The fourth-order valence-corrected chi connectivity index (χ4v) is 4.71. The summed E-state index contributed by atoms with van der Waals surface area (Å²) in [5.74, 6) is 0.859. The van der Waals surface area contributed by atoms with E-state index in [1.165, 1.54) is 129 Å². The smallest absolute Gasteiger partial charge is 0.151 e. The topological polar surface area (TPSA) is 46.5 Å². The SMILES string of the molecule is CCCCCCCCCCCCCCCCCCCCCCOc1ccc(CC(C)(O)C=O)cc1. The number of hydrogen-bond acceptors (Lipinski definition) is 3. The Hall–Kier alpha value is -1.35. The highest BCUT2D eigenvalue weighted by Gasteiger charge is 2.19.